The van der Waals surface area contributed by atoms with Crippen LogP contribution in [0.15, 0.2) is 0 Å². The van der Waals surface area contributed by atoms with E-state index in [1.807, 2.05) is 0 Å². The lowest BCUT2D eigenvalue weighted by molar-refractivity contribution is -0.146. The van der Waals surface area contributed by atoms with Gasteiger partial charge in [-0.1, -0.05) is 0 Å². The summed E-state index contributed by atoms with van der Waals surface area (Å²) in [7, 11) is -4.81. The van der Waals surface area contributed by atoms with E-state index >= 15 is 0 Å². The molecule has 0 aromatic rings. The summed E-state index contributed by atoms with van der Waals surface area (Å²) in [6.07, 6.45) is 0.322. The van der Waals surface area contributed by atoms with Crippen LogP contribution in [-0.4, -0.2) is 41.6 Å². The molecule has 5 nitrogen and oxygen atoms in total. The van der Waals surface area contributed by atoms with E-state index in [2.05, 4.69) is 0 Å². The van der Waals surface area contributed by atoms with E-state index in [1.54, 1.807) is 0 Å². The second kappa shape index (κ2) is 3.67. The summed E-state index contributed by atoms with van der Waals surface area (Å²) in [5.41, 5.74) is -1.74. The Morgan fingerprint density at radius 3 is 2.47 bits per heavy atom. The number of alkyl halides is 2. The Bertz CT molecular complexity index is 369. The molecule has 0 saturated carbocycles. The largest absolute Gasteiger partial charge is 0.480 e. The van der Waals surface area contributed by atoms with Crippen LogP contribution in [0.25, 0.3) is 0 Å². The topological polar surface area (TPSA) is 74.7 Å². The number of sulfonamides is 1. The molecule has 8 heteroatoms. The lowest BCUT2D eigenvalue weighted by Crippen LogP contribution is -2.52. The monoisotopic (exact) mass is 243 g/mol. The molecular formula is C7H11F2NO4S. The minimum Gasteiger partial charge on any atom is -0.480 e. The summed E-state index contributed by atoms with van der Waals surface area (Å²) in [5.74, 6) is -4.97. The fraction of sp³-hybridized carbons (Fsp3) is 0.857. The summed E-state index contributed by atoms with van der Waals surface area (Å²) in [6, 6.07) is 0. The van der Waals surface area contributed by atoms with Gasteiger partial charge in [0.15, 0.2) is 0 Å². The summed E-state index contributed by atoms with van der Waals surface area (Å²) in [6.45, 7) is 0.970. The van der Waals surface area contributed by atoms with Crippen molar-refractivity contribution in [2.24, 2.45) is 0 Å². The maximum absolute atomic E-state index is 12.2. The van der Waals surface area contributed by atoms with Gasteiger partial charge in [-0.05, 0) is 19.8 Å². The van der Waals surface area contributed by atoms with Crippen LogP contribution in [0.4, 0.5) is 8.78 Å². The van der Waals surface area contributed by atoms with Crippen LogP contribution in [0.5, 0.6) is 0 Å². The van der Waals surface area contributed by atoms with Gasteiger partial charge in [0.05, 0.1) is 0 Å². The second-order valence-electron chi connectivity index (χ2n) is 3.56. The molecule has 0 radical (unpaired) electrons. The molecule has 0 aromatic carbocycles. The van der Waals surface area contributed by atoms with Crippen LogP contribution in [-0.2, 0) is 14.8 Å². The molecule has 1 unspecified atom stereocenters. The Hall–Kier alpha value is -0.760. The molecule has 1 heterocycles. The third kappa shape index (κ3) is 1.83. The molecule has 1 saturated heterocycles. The van der Waals surface area contributed by atoms with Gasteiger partial charge >= 0.3 is 11.7 Å². The van der Waals surface area contributed by atoms with Crippen molar-refractivity contribution in [3.8, 4) is 0 Å². The first kappa shape index (κ1) is 12.3. The number of rotatable bonds is 3. The highest BCUT2D eigenvalue weighted by Crippen LogP contribution is 2.33. The van der Waals surface area contributed by atoms with Crippen molar-refractivity contribution in [3.63, 3.8) is 0 Å². The normalized spacial score (nSPS) is 28.5. The molecule has 0 spiro atoms. The standard InChI is InChI=1S/C7H11F2NO4S/c1-7(5(11)12)3-2-4-10(7)15(13,14)6(8)9/h6H,2-4H2,1H3,(H,11,12). The maximum atomic E-state index is 12.2. The van der Waals surface area contributed by atoms with Crippen LogP contribution in [0.2, 0.25) is 0 Å². The van der Waals surface area contributed by atoms with Crippen molar-refractivity contribution < 1.29 is 27.1 Å². The van der Waals surface area contributed by atoms with Crippen molar-refractivity contribution in [2.45, 2.75) is 31.1 Å². The van der Waals surface area contributed by atoms with Gasteiger partial charge < -0.3 is 5.11 Å². The van der Waals surface area contributed by atoms with Crippen molar-refractivity contribution >= 4 is 16.0 Å². The number of hydrogen-bond donors (Lipinski definition) is 1. The molecule has 1 rings (SSSR count). The Morgan fingerprint density at radius 2 is 2.07 bits per heavy atom. The second-order valence-corrected chi connectivity index (χ2v) is 5.39. The van der Waals surface area contributed by atoms with E-state index in [-0.39, 0.29) is 19.4 Å². The van der Waals surface area contributed by atoms with Crippen LogP contribution in [0.3, 0.4) is 0 Å². The minimum atomic E-state index is -4.81. The van der Waals surface area contributed by atoms with Gasteiger partial charge in [-0.25, -0.2) is 8.42 Å². The molecule has 0 bridgehead atoms. The SMILES string of the molecule is CC1(C(=O)O)CCCN1S(=O)(=O)C(F)F. The van der Waals surface area contributed by atoms with Crippen LogP contribution < -0.4 is 0 Å². The average Bonchev–Trinajstić information content (AvgIpc) is 2.48. The van der Waals surface area contributed by atoms with Gasteiger partial charge in [0.25, 0.3) is 10.0 Å². The smallest absolute Gasteiger partial charge is 0.350 e. The highest BCUT2D eigenvalue weighted by atomic mass is 32.2. The van der Waals surface area contributed by atoms with Crippen molar-refractivity contribution in [1.82, 2.24) is 4.31 Å². The lowest BCUT2D eigenvalue weighted by atomic mass is 10.0. The van der Waals surface area contributed by atoms with Crippen molar-refractivity contribution in [3.05, 3.63) is 0 Å². The number of aliphatic carboxylic acids is 1. The summed E-state index contributed by atoms with van der Waals surface area (Å²) < 4.78 is 47.2. The molecule has 0 amide bonds. The first-order valence-electron chi connectivity index (χ1n) is 4.26. The lowest BCUT2D eigenvalue weighted by Gasteiger charge is -2.29. The Kier molecular flexibility index (Phi) is 3.01. The number of halogens is 2. The third-order valence-corrected chi connectivity index (χ3v) is 4.22. The van der Waals surface area contributed by atoms with Gasteiger partial charge in [0, 0.05) is 6.54 Å². The first-order valence-corrected chi connectivity index (χ1v) is 5.76. The van der Waals surface area contributed by atoms with Gasteiger partial charge in [0.1, 0.15) is 5.54 Å². The molecule has 15 heavy (non-hydrogen) atoms. The first-order chi connectivity index (χ1) is 6.73. The van der Waals surface area contributed by atoms with E-state index in [1.165, 1.54) is 0 Å². The number of hydrogen-bond acceptors (Lipinski definition) is 3. The molecule has 1 aliphatic heterocycles. The molecule has 1 N–H and O–H groups in total. The predicted octanol–water partition coefficient (Wildman–Crippen LogP) is 0.478. The summed E-state index contributed by atoms with van der Waals surface area (Å²) in [5, 5.41) is 8.84. The van der Waals surface area contributed by atoms with Crippen molar-refractivity contribution in [2.75, 3.05) is 6.54 Å². The quantitative estimate of drug-likeness (QED) is 0.782. The molecular weight excluding hydrogens is 232 g/mol. The van der Waals surface area contributed by atoms with Gasteiger partial charge in [-0.2, -0.15) is 13.1 Å². The molecule has 1 fully saturated rings. The fourth-order valence-corrected chi connectivity index (χ4v) is 2.96. The molecule has 1 atom stereocenters. The van der Waals surface area contributed by atoms with Crippen LogP contribution in [0.1, 0.15) is 19.8 Å². The zero-order valence-corrected chi connectivity index (χ0v) is 8.80. The highest BCUT2D eigenvalue weighted by molar-refractivity contribution is 7.89. The Balaban J connectivity index is 3.12. The number of carboxylic acids is 1. The Morgan fingerprint density at radius 1 is 1.53 bits per heavy atom. The van der Waals surface area contributed by atoms with Gasteiger partial charge in [0.2, 0.25) is 0 Å². The van der Waals surface area contributed by atoms with E-state index < -0.39 is 27.3 Å². The van der Waals surface area contributed by atoms with Gasteiger partial charge in [-0.3, -0.25) is 4.79 Å². The van der Waals surface area contributed by atoms with Crippen LogP contribution >= 0.6 is 0 Å². The maximum Gasteiger partial charge on any atom is 0.350 e. The zero-order chi connectivity index (χ0) is 11.9. The molecule has 88 valence electrons. The van der Waals surface area contributed by atoms with E-state index in [0.717, 1.165) is 6.92 Å². The van der Waals surface area contributed by atoms with Crippen LogP contribution in [0, 0.1) is 0 Å². The number of nitrogens with zero attached hydrogens (tertiary/aromatic N) is 1. The third-order valence-electron chi connectivity index (χ3n) is 2.57. The van der Waals surface area contributed by atoms with E-state index in [4.69, 9.17) is 5.11 Å². The summed E-state index contributed by atoms with van der Waals surface area (Å²) in [4.78, 5) is 10.9. The molecule has 1 aliphatic rings. The predicted molar refractivity (Wildman–Crippen MR) is 46.9 cm³/mol. The average molecular weight is 243 g/mol. The minimum absolute atomic E-state index is 0.0499. The summed E-state index contributed by atoms with van der Waals surface area (Å²) >= 11 is 0. The highest BCUT2D eigenvalue weighted by Gasteiger charge is 2.51. The van der Waals surface area contributed by atoms with Crippen molar-refractivity contribution in [1.29, 1.82) is 0 Å². The number of carbonyl (C=O) groups is 1. The zero-order valence-electron chi connectivity index (χ0n) is 7.98. The van der Waals surface area contributed by atoms with E-state index in [0.29, 0.717) is 4.31 Å². The fourth-order valence-electron chi connectivity index (χ4n) is 1.66. The van der Waals surface area contributed by atoms with Gasteiger partial charge in [-0.15, -0.1) is 0 Å². The number of carboxylic acid groups (broad SMARTS) is 1. The Labute approximate surface area is 85.7 Å². The molecule has 0 aliphatic carbocycles. The molecule has 0 aromatic heterocycles. The van der Waals surface area contributed by atoms with E-state index in [9.17, 15) is 22.0 Å².